The van der Waals surface area contributed by atoms with Gasteiger partial charge in [-0.3, -0.25) is 4.72 Å². The zero-order valence-corrected chi connectivity index (χ0v) is 17.4. The van der Waals surface area contributed by atoms with E-state index in [1.54, 1.807) is 0 Å². The Balaban J connectivity index is 1.48. The maximum atomic E-state index is 14.4. The average Bonchev–Trinajstić information content (AvgIpc) is 3.10. The van der Waals surface area contributed by atoms with Gasteiger partial charge < -0.3 is 16.0 Å². The number of halogens is 2. The minimum atomic E-state index is -4.14. The van der Waals surface area contributed by atoms with Crippen LogP contribution in [0.3, 0.4) is 0 Å². The highest BCUT2D eigenvalue weighted by Gasteiger charge is 2.22. The van der Waals surface area contributed by atoms with Crippen LogP contribution in [0.25, 0.3) is 0 Å². The van der Waals surface area contributed by atoms with Gasteiger partial charge in [0.15, 0.2) is 0 Å². The molecule has 8 nitrogen and oxygen atoms in total. The predicted octanol–water partition coefficient (Wildman–Crippen LogP) is 2.28. The number of hydrogen-bond acceptors (Lipinski definition) is 8. The number of aromatic nitrogens is 2. The number of sulfonamides is 1. The second kappa shape index (κ2) is 9.79. The van der Waals surface area contributed by atoms with Gasteiger partial charge in [-0.15, -0.1) is 0 Å². The van der Waals surface area contributed by atoms with Crippen LogP contribution in [0.2, 0.25) is 5.02 Å². The van der Waals surface area contributed by atoms with Crippen molar-refractivity contribution in [2.45, 2.75) is 30.2 Å². The summed E-state index contributed by atoms with van der Waals surface area (Å²) < 4.78 is 44.9. The summed E-state index contributed by atoms with van der Waals surface area (Å²) >= 11 is 7.00. The summed E-state index contributed by atoms with van der Waals surface area (Å²) in [5.74, 6) is -0.890. The number of unbranched alkanes of at least 4 members (excludes halogenated alkanes) is 1. The van der Waals surface area contributed by atoms with E-state index in [0.717, 1.165) is 56.1 Å². The van der Waals surface area contributed by atoms with E-state index in [2.05, 4.69) is 30.0 Å². The van der Waals surface area contributed by atoms with E-state index in [4.69, 9.17) is 11.6 Å². The summed E-state index contributed by atoms with van der Waals surface area (Å²) in [6.45, 7) is 3.60. The molecule has 1 aromatic carbocycles. The van der Waals surface area contributed by atoms with Crippen LogP contribution in [-0.4, -0.2) is 50.0 Å². The highest BCUT2D eigenvalue weighted by Crippen LogP contribution is 2.29. The van der Waals surface area contributed by atoms with Crippen molar-refractivity contribution in [2.24, 2.45) is 0 Å². The number of hydrogen-bond donors (Lipinski definition) is 4. The molecule has 0 radical (unpaired) electrons. The summed E-state index contributed by atoms with van der Waals surface area (Å²) in [7, 11) is -4.14. The molecule has 1 atom stereocenters. The van der Waals surface area contributed by atoms with Crippen molar-refractivity contribution in [2.75, 3.05) is 36.2 Å². The van der Waals surface area contributed by atoms with E-state index in [0.29, 0.717) is 18.3 Å². The third-order valence-electron chi connectivity index (χ3n) is 4.31. The summed E-state index contributed by atoms with van der Waals surface area (Å²) in [5, 5.41) is 9.96. The molecule has 154 valence electrons. The van der Waals surface area contributed by atoms with Gasteiger partial charge in [0, 0.05) is 30.7 Å². The second-order valence-electron chi connectivity index (χ2n) is 6.39. The fourth-order valence-electron chi connectivity index (χ4n) is 2.66. The van der Waals surface area contributed by atoms with Gasteiger partial charge in [-0.2, -0.15) is 4.37 Å². The highest BCUT2D eigenvalue weighted by molar-refractivity contribution is 7.93. The van der Waals surface area contributed by atoms with Crippen LogP contribution in [0.15, 0.2) is 23.4 Å². The fraction of sp³-hybridized carbons (Fsp3) is 0.500. The van der Waals surface area contributed by atoms with E-state index in [1.807, 2.05) is 0 Å². The maximum Gasteiger partial charge on any atom is 0.266 e. The molecule has 1 saturated heterocycles. The number of nitrogens with one attached hydrogen (secondary N) is 4. The summed E-state index contributed by atoms with van der Waals surface area (Å²) in [6.07, 6.45) is 4.28. The van der Waals surface area contributed by atoms with Crippen molar-refractivity contribution < 1.29 is 12.8 Å². The highest BCUT2D eigenvalue weighted by atomic mass is 35.5. The first-order valence-electron chi connectivity index (χ1n) is 8.92. The Labute approximate surface area is 172 Å². The van der Waals surface area contributed by atoms with Crippen LogP contribution < -0.4 is 20.7 Å². The molecule has 4 N–H and O–H groups in total. The quantitative estimate of drug-likeness (QED) is 0.390. The van der Waals surface area contributed by atoms with Crippen LogP contribution in [0.1, 0.15) is 19.3 Å². The Morgan fingerprint density at radius 3 is 2.79 bits per heavy atom. The predicted molar refractivity (Wildman–Crippen MR) is 109 cm³/mol. The lowest BCUT2D eigenvalue weighted by molar-refractivity contribution is 0.353. The van der Waals surface area contributed by atoms with Crippen molar-refractivity contribution in [1.29, 1.82) is 0 Å². The SMILES string of the molecule is O=S(=O)(Nc1ncns1)c1cc(Cl)c(NCCCCNCC2CCN2)cc1F. The van der Waals surface area contributed by atoms with Crippen molar-refractivity contribution in [3.8, 4) is 0 Å². The minimum Gasteiger partial charge on any atom is -0.384 e. The number of anilines is 2. The smallest absolute Gasteiger partial charge is 0.266 e. The first-order chi connectivity index (χ1) is 13.5. The first-order valence-corrected chi connectivity index (χ1v) is 11.6. The zero-order chi connectivity index (χ0) is 20.0. The van der Waals surface area contributed by atoms with Crippen molar-refractivity contribution in [1.82, 2.24) is 20.0 Å². The lowest BCUT2D eigenvalue weighted by atomic mass is 10.1. The van der Waals surface area contributed by atoms with Crippen LogP contribution in [-0.2, 0) is 10.0 Å². The average molecular weight is 449 g/mol. The zero-order valence-electron chi connectivity index (χ0n) is 15.0. The second-order valence-corrected chi connectivity index (χ2v) is 9.23. The number of nitrogens with zero attached hydrogens (tertiary/aromatic N) is 2. The monoisotopic (exact) mass is 448 g/mol. The molecule has 0 bridgehead atoms. The third kappa shape index (κ3) is 5.74. The molecule has 0 aliphatic carbocycles. The molecule has 0 saturated carbocycles. The molecule has 1 unspecified atom stereocenters. The number of rotatable bonds is 11. The third-order valence-corrected chi connectivity index (χ3v) is 6.68. The molecule has 2 aromatic rings. The molecular weight excluding hydrogens is 427 g/mol. The van der Waals surface area contributed by atoms with Crippen LogP contribution in [0.5, 0.6) is 0 Å². The Kier molecular flexibility index (Phi) is 7.41. The molecular formula is C16H22ClFN6O2S2. The van der Waals surface area contributed by atoms with Gasteiger partial charge in [0.1, 0.15) is 17.0 Å². The summed E-state index contributed by atoms with van der Waals surface area (Å²) in [6, 6.07) is 2.78. The van der Waals surface area contributed by atoms with Gasteiger partial charge in [0.2, 0.25) is 5.13 Å². The molecule has 1 aliphatic heterocycles. The van der Waals surface area contributed by atoms with Gasteiger partial charge >= 0.3 is 0 Å². The Bertz CT molecular complexity index is 878. The topological polar surface area (TPSA) is 108 Å². The maximum absolute atomic E-state index is 14.4. The van der Waals surface area contributed by atoms with Gasteiger partial charge in [-0.1, -0.05) is 11.6 Å². The standard InChI is InChI=1S/C16H22ClFN6O2S2/c17-12-7-15(28(25,26)24-16-22-10-23-27-16)13(18)8-14(12)21-5-2-1-4-19-9-11-3-6-20-11/h7-8,10-11,19-21H,1-6,9H2,(H,22,23,24). The summed E-state index contributed by atoms with van der Waals surface area (Å²) in [5.41, 5.74) is 0.362. The molecule has 1 aromatic heterocycles. The van der Waals surface area contributed by atoms with E-state index in [1.165, 1.54) is 12.7 Å². The van der Waals surface area contributed by atoms with Gasteiger partial charge in [0.05, 0.1) is 10.7 Å². The molecule has 2 heterocycles. The van der Waals surface area contributed by atoms with Crippen LogP contribution in [0, 0.1) is 5.82 Å². The van der Waals surface area contributed by atoms with E-state index >= 15 is 0 Å². The normalized spacial score (nSPS) is 16.6. The molecule has 0 spiro atoms. The Morgan fingerprint density at radius 1 is 1.32 bits per heavy atom. The largest absolute Gasteiger partial charge is 0.384 e. The van der Waals surface area contributed by atoms with Crippen molar-refractivity contribution in [3.63, 3.8) is 0 Å². The van der Waals surface area contributed by atoms with Crippen LogP contribution >= 0.6 is 23.1 Å². The fourth-order valence-corrected chi connectivity index (χ4v) is 4.70. The molecule has 0 amide bonds. The minimum absolute atomic E-state index is 0.0550. The lowest BCUT2D eigenvalue weighted by Gasteiger charge is -2.27. The molecule has 1 aliphatic rings. The van der Waals surface area contributed by atoms with E-state index < -0.39 is 20.7 Å². The molecule has 12 heteroatoms. The molecule has 1 fully saturated rings. The van der Waals surface area contributed by atoms with E-state index in [9.17, 15) is 12.8 Å². The Morgan fingerprint density at radius 2 is 2.11 bits per heavy atom. The van der Waals surface area contributed by atoms with Crippen molar-refractivity contribution in [3.05, 3.63) is 29.3 Å². The van der Waals surface area contributed by atoms with Gasteiger partial charge in [0.25, 0.3) is 10.0 Å². The van der Waals surface area contributed by atoms with Crippen LogP contribution in [0.4, 0.5) is 15.2 Å². The molecule has 3 rings (SSSR count). The van der Waals surface area contributed by atoms with Crippen molar-refractivity contribution >= 4 is 44.0 Å². The first kappa shape index (κ1) is 21.2. The van der Waals surface area contributed by atoms with Gasteiger partial charge in [-0.25, -0.2) is 17.8 Å². The summed E-state index contributed by atoms with van der Waals surface area (Å²) in [4.78, 5) is 3.19. The molecule has 28 heavy (non-hydrogen) atoms. The Hall–Kier alpha value is -1.53. The lowest BCUT2D eigenvalue weighted by Crippen LogP contribution is -2.49. The number of benzene rings is 1. The van der Waals surface area contributed by atoms with Gasteiger partial charge in [-0.05, 0) is 44.5 Å². The van der Waals surface area contributed by atoms with E-state index in [-0.39, 0.29) is 10.2 Å².